The van der Waals surface area contributed by atoms with E-state index < -0.39 is 23.1 Å². The predicted octanol–water partition coefficient (Wildman–Crippen LogP) is 3.44. The van der Waals surface area contributed by atoms with Crippen molar-refractivity contribution < 1.29 is 14.0 Å². The van der Waals surface area contributed by atoms with E-state index in [-0.39, 0.29) is 29.7 Å². The van der Waals surface area contributed by atoms with Crippen molar-refractivity contribution >= 4 is 39.7 Å². The highest BCUT2D eigenvalue weighted by Gasteiger charge is 2.28. The van der Waals surface area contributed by atoms with Crippen LogP contribution in [-0.4, -0.2) is 27.9 Å². The van der Waals surface area contributed by atoms with Gasteiger partial charge in [0.15, 0.2) is 11.4 Å². The zero-order chi connectivity index (χ0) is 25.0. The lowest BCUT2D eigenvalue weighted by Crippen LogP contribution is -2.42. The zero-order valence-corrected chi connectivity index (χ0v) is 20.5. The van der Waals surface area contributed by atoms with E-state index in [0.29, 0.717) is 28.4 Å². The molecule has 3 aromatic rings. The second-order valence-electron chi connectivity index (χ2n) is 8.36. The number of furan rings is 1. The van der Waals surface area contributed by atoms with E-state index >= 15 is 0 Å². The molecule has 0 aliphatic heterocycles. The quantitative estimate of drug-likeness (QED) is 0.422. The Labute approximate surface area is 200 Å². The molecule has 3 rings (SSSR count). The van der Waals surface area contributed by atoms with Crippen molar-refractivity contribution in [2.75, 3.05) is 22.5 Å². The number of aromatic nitrogens is 2. The van der Waals surface area contributed by atoms with Crippen LogP contribution in [-0.2, 0) is 6.54 Å². The maximum absolute atomic E-state index is 13.6. The number of hydrogen-bond acceptors (Lipinski definition) is 7. The molecule has 2 amide bonds. The maximum atomic E-state index is 13.6. The van der Waals surface area contributed by atoms with Crippen LogP contribution in [0, 0.1) is 12.8 Å². The lowest BCUT2D eigenvalue weighted by molar-refractivity contribution is 0.0984. The molecule has 0 aromatic carbocycles. The molecule has 0 saturated heterocycles. The van der Waals surface area contributed by atoms with Crippen molar-refractivity contribution in [1.29, 1.82) is 0 Å². The van der Waals surface area contributed by atoms with E-state index in [1.54, 1.807) is 19.1 Å². The third kappa shape index (κ3) is 5.30. The molecule has 3 aromatic heterocycles. The van der Waals surface area contributed by atoms with Crippen LogP contribution in [0.4, 0.5) is 16.5 Å². The van der Waals surface area contributed by atoms with Gasteiger partial charge >= 0.3 is 5.69 Å². The number of nitrogens with two attached hydrogens (primary N) is 1. The van der Waals surface area contributed by atoms with E-state index in [0.717, 1.165) is 17.8 Å². The summed E-state index contributed by atoms with van der Waals surface area (Å²) in [6, 6.07) is 4.83. The number of anilines is 3. The summed E-state index contributed by atoms with van der Waals surface area (Å²) in [6.45, 7) is 8.10. The van der Waals surface area contributed by atoms with Crippen molar-refractivity contribution in [3.63, 3.8) is 0 Å². The monoisotopic (exact) mass is 487 g/mol. The summed E-state index contributed by atoms with van der Waals surface area (Å²) in [6.07, 6.45) is 2.80. The first-order valence-electron chi connectivity index (χ1n) is 11.0. The van der Waals surface area contributed by atoms with E-state index in [1.165, 1.54) is 21.8 Å². The normalized spacial score (nSPS) is 11.1. The van der Waals surface area contributed by atoms with Crippen molar-refractivity contribution in [1.82, 2.24) is 9.55 Å². The standard InChI is InChI=1S/C23H29N5O5S/c1-5-6-9-27(17-19(24)28(12-13(2)3)23(32)26-21(17)30)22(31)18-14(4)11-16(34-18)25-20(29)15-8-7-10-33-15/h7-8,10-11,13H,5-6,9,12,24H2,1-4H3,(H,25,29)(H,26,30,32). The summed E-state index contributed by atoms with van der Waals surface area (Å²) in [5.41, 5.74) is 5.53. The molecule has 3 heterocycles. The first kappa shape index (κ1) is 25.0. The third-order valence-corrected chi connectivity index (χ3v) is 6.25. The molecule has 4 N–H and O–H groups in total. The molecule has 0 atom stereocenters. The van der Waals surface area contributed by atoms with Gasteiger partial charge in [0, 0.05) is 13.1 Å². The highest BCUT2D eigenvalue weighted by atomic mass is 32.1. The number of H-pyrrole nitrogens is 1. The number of aromatic amines is 1. The zero-order valence-electron chi connectivity index (χ0n) is 19.6. The number of nitrogen functional groups attached to an aromatic ring is 1. The number of hydrogen-bond donors (Lipinski definition) is 3. The third-order valence-electron chi connectivity index (χ3n) is 5.11. The van der Waals surface area contributed by atoms with Crippen LogP contribution >= 0.6 is 11.3 Å². The van der Waals surface area contributed by atoms with Crippen molar-refractivity contribution in [2.24, 2.45) is 5.92 Å². The van der Waals surface area contributed by atoms with Crippen LogP contribution < -0.4 is 27.2 Å². The first-order valence-corrected chi connectivity index (χ1v) is 11.8. The number of carbonyl (C=O) groups excluding carboxylic acids is 2. The number of nitrogens with zero attached hydrogens (tertiary/aromatic N) is 2. The molecule has 0 spiro atoms. The van der Waals surface area contributed by atoms with E-state index in [9.17, 15) is 19.2 Å². The maximum Gasteiger partial charge on any atom is 0.330 e. The van der Waals surface area contributed by atoms with Gasteiger partial charge in [0.05, 0.1) is 16.1 Å². The van der Waals surface area contributed by atoms with Crippen LogP contribution in [0.1, 0.15) is 59.4 Å². The van der Waals surface area contributed by atoms with Crippen LogP contribution in [0.2, 0.25) is 0 Å². The van der Waals surface area contributed by atoms with Gasteiger partial charge in [0.1, 0.15) is 5.82 Å². The van der Waals surface area contributed by atoms with Crippen molar-refractivity contribution in [2.45, 2.75) is 47.1 Å². The average Bonchev–Trinajstić information content (AvgIpc) is 3.43. The molecule has 10 nitrogen and oxygen atoms in total. The van der Waals surface area contributed by atoms with Gasteiger partial charge in [-0.3, -0.25) is 28.8 Å². The Kier molecular flexibility index (Phi) is 7.77. The summed E-state index contributed by atoms with van der Waals surface area (Å²) < 4.78 is 6.39. The minimum Gasteiger partial charge on any atom is -0.459 e. The fourth-order valence-electron chi connectivity index (χ4n) is 3.48. The van der Waals surface area contributed by atoms with Crippen LogP contribution in [0.3, 0.4) is 0 Å². The Bertz CT molecular complexity index is 1290. The Morgan fingerprint density at radius 3 is 2.68 bits per heavy atom. The molecule has 34 heavy (non-hydrogen) atoms. The minimum absolute atomic E-state index is 0.0485. The van der Waals surface area contributed by atoms with Crippen LogP contribution in [0.15, 0.2) is 38.5 Å². The van der Waals surface area contributed by atoms with Gasteiger partial charge in [-0.2, -0.15) is 0 Å². The Hall–Kier alpha value is -3.60. The second-order valence-corrected chi connectivity index (χ2v) is 9.41. The second kappa shape index (κ2) is 10.6. The molecule has 0 radical (unpaired) electrons. The van der Waals surface area contributed by atoms with Gasteiger partial charge < -0.3 is 15.5 Å². The highest BCUT2D eigenvalue weighted by Crippen LogP contribution is 2.30. The Balaban J connectivity index is 2.01. The number of thiophene rings is 1. The van der Waals surface area contributed by atoms with Gasteiger partial charge in [-0.25, -0.2) is 4.79 Å². The fourth-order valence-corrected chi connectivity index (χ4v) is 4.49. The van der Waals surface area contributed by atoms with Crippen LogP contribution in [0.25, 0.3) is 0 Å². The van der Waals surface area contributed by atoms with Gasteiger partial charge in [-0.15, -0.1) is 11.3 Å². The van der Waals surface area contributed by atoms with Crippen molar-refractivity contribution in [3.8, 4) is 0 Å². The largest absolute Gasteiger partial charge is 0.459 e. The Morgan fingerprint density at radius 2 is 2.06 bits per heavy atom. The minimum atomic E-state index is -0.715. The molecular weight excluding hydrogens is 458 g/mol. The summed E-state index contributed by atoms with van der Waals surface area (Å²) in [4.78, 5) is 55.1. The summed E-state index contributed by atoms with van der Waals surface area (Å²) in [5.74, 6) is -0.669. The van der Waals surface area contributed by atoms with Gasteiger partial charge in [0.2, 0.25) is 0 Å². The predicted molar refractivity (Wildman–Crippen MR) is 133 cm³/mol. The number of unbranched alkanes of at least 4 members (excludes halogenated alkanes) is 1. The molecule has 0 bridgehead atoms. The number of amides is 2. The smallest absolute Gasteiger partial charge is 0.330 e. The van der Waals surface area contributed by atoms with Gasteiger partial charge in [-0.1, -0.05) is 27.2 Å². The van der Waals surface area contributed by atoms with Gasteiger partial charge in [-0.05, 0) is 43.0 Å². The fraction of sp³-hybridized carbons (Fsp3) is 0.391. The number of aryl methyl sites for hydroxylation is 1. The van der Waals surface area contributed by atoms with Crippen LogP contribution in [0.5, 0.6) is 0 Å². The summed E-state index contributed by atoms with van der Waals surface area (Å²) >= 11 is 1.09. The van der Waals surface area contributed by atoms with Crippen molar-refractivity contribution in [3.05, 3.63) is 61.5 Å². The highest BCUT2D eigenvalue weighted by molar-refractivity contribution is 7.18. The van der Waals surface area contributed by atoms with E-state index in [1.807, 2.05) is 20.8 Å². The molecule has 0 unspecified atom stereocenters. The SMILES string of the molecule is CCCCN(C(=O)c1sc(NC(=O)c2ccco2)cc1C)c1c(N)n(CC(C)C)c(=O)[nH]c1=O. The molecular formula is C23H29N5O5S. The topological polar surface area (TPSA) is 143 Å². The molecule has 0 aliphatic rings. The number of carbonyl (C=O) groups is 2. The lowest BCUT2D eigenvalue weighted by Gasteiger charge is -2.24. The number of nitrogens with one attached hydrogen (secondary N) is 2. The Morgan fingerprint density at radius 1 is 1.32 bits per heavy atom. The first-order chi connectivity index (χ1) is 16.1. The van der Waals surface area contributed by atoms with E-state index in [4.69, 9.17) is 10.2 Å². The number of rotatable bonds is 9. The van der Waals surface area contributed by atoms with Gasteiger partial charge in [0.25, 0.3) is 17.4 Å². The molecule has 0 aliphatic carbocycles. The average molecular weight is 488 g/mol. The molecule has 11 heteroatoms. The summed E-state index contributed by atoms with van der Waals surface area (Å²) in [5, 5.41) is 3.18. The summed E-state index contributed by atoms with van der Waals surface area (Å²) in [7, 11) is 0. The molecule has 0 fully saturated rings. The van der Waals surface area contributed by atoms with E-state index in [2.05, 4.69) is 10.3 Å². The molecule has 182 valence electrons. The molecule has 0 saturated carbocycles. The lowest BCUT2D eigenvalue weighted by atomic mass is 10.2.